The fourth-order valence-electron chi connectivity index (χ4n) is 3.38. The van der Waals surface area contributed by atoms with Gasteiger partial charge in [-0.1, -0.05) is 49.4 Å². The van der Waals surface area contributed by atoms with Crippen LogP contribution in [0.4, 0.5) is 11.6 Å². The number of hydrogen-bond acceptors (Lipinski definition) is 5. The number of nitrogens with zero attached hydrogens (tertiary/aromatic N) is 2. The number of para-hydroxylation sites is 1. The van der Waals surface area contributed by atoms with Crippen molar-refractivity contribution < 1.29 is 0 Å². The van der Waals surface area contributed by atoms with Crippen LogP contribution in [0.25, 0.3) is 0 Å². The predicted molar refractivity (Wildman–Crippen MR) is 109 cm³/mol. The van der Waals surface area contributed by atoms with Gasteiger partial charge in [-0.05, 0) is 36.1 Å². The number of nitrogens with one attached hydrogen (secondary N) is 3. The Kier molecular flexibility index (Phi) is 4.54. The molecule has 0 radical (unpaired) electrons. The first-order valence-electron chi connectivity index (χ1n) is 9.19. The molecule has 1 aromatic heterocycles. The molecule has 1 aliphatic rings. The normalized spacial score (nSPS) is 15.0. The molecule has 4 rings (SSSR count). The van der Waals surface area contributed by atoms with Crippen molar-refractivity contribution in [1.29, 1.82) is 0 Å². The molecule has 1 aliphatic heterocycles. The fourth-order valence-corrected chi connectivity index (χ4v) is 3.38. The number of benzene rings is 2. The maximum atomic E-state index is 12.5. The summed E-state index contributed by atoms with van der Waals surface area (Å²) in [7, 11) is 0. The van der Waals surface area contributed by atoms with Gasteiger partial charge in [0.05, 0.1) is 12.2 Å². The van der Waals surface area contributed by atoms with E-state index in [1.807, 2.05) is 36.4 Å². The van der Waals surface area contributed by atoms with Crippen LogP contribution in [0.1, 0.15) is 35.5 Å². The second-order valence-corrected chi connectivity index (χ2v) is 6.67. The van der Waals surface area contributed by atoms with Crippen molar-refractivity contribution in [3.63, 3.8) is 0 Å². The molecule has 2 heterocycles. The lowest BCUT2D eigenvalue weighted by molar-refractivity contribution is 0.792. The van der Waals surface area contributed by atoms with Gasteiger partial charge in [0, 0.05) is 11.8 Å². The molecule has 6 nitrogen and oxygen atoms in total. The lowest BCUT2D eigenvalue weighted by atomic mass is 10.1. The van der Waals surface area contributed by atoms with Crippen molar-refractivity contribution in [3.8, 4) is 0 Å². The summed E-state index contributed by atoms with van der Waals surface area (Å²) in [5.74, 6) is 0.538. The van der Waals surface area contributed by atoms with E-state index in [4.69, 9.17) is 0 Å². The summed E-state index contributed by atoms with van der Waals surface area (Å²) < 4.78 is 1.47. The monoisotopic (exact) mass is 361 g/mol. The standard InChI is InChI=1S/C21H23N5O/c1-3-15-9-5-7-11-18(15)22-13-16-12-19(27)26-21(23-16)24-20(25-26)17-10-6-4-8-14(17)2/h4-12,20,22,25H,3,13H2,1-2H3,(H,23,24). The molecule has 138 valence electrons. The Bertz CT molecular complexity index is 1030. The quantitative estimate of drug-likeness (QED) is 0.650. The lowest BCUT2D eigenvalue weighted by Gasteiger charge is -2.13. The van der Waals surface area contributed by atoms with Gasteiger partial charge in [0.2, 0.25) is 5.95 Å². The molecule has 0 amide bonds. The molecule has 0 saturated heterocycles. The second-order valence-electron chi connectivity index (χ2n) is 6.67. The minimum atomic E-state index is -0.171. The number of fused-ring (bicyclic) bond motifs is 1. The Hall–Kier alpha value is -3.28. The third kappa shape index (κ3) is 3.38. The van der Waals surface area contributed by atoms with Crippen molar-refractivity contribution >= 4 is 11.6 Å². The molecule has 2 aromatic carbocycles. The molecule has 27 heavy (non-hydrogen) atoms. The Morgan fingerprint density at radius 1 is 1.15 bits per heavy atom. The summed E-state index contributed by atoms with van der Waals surface area (Å²) in [6.07, 6.45) is 0.781. The SMILES string of the molecule is CCc1ccccc1NCc1cc(=O)n2c(n1)NC(c1ccccc1C)N2. The Morgan fingerprint density at radius 3 is 2.74 bits per heavy atom. The van der Waals surface area contributed by atoms with Crippen LogP contribution in [-0.4, -0.2) is 9.66 Å². The average molecular weight is 361 g/mol. The van der Waals surface area contributed by atoms with Crippen LogP contribution in [0.15, 0.2) is 59.4 Å². The van der Waals surface area contributed by atoms with E-state index in [0.717, 1.165) is 23.2 Å². The highest BCUT2D eigenvalue weighted by molar-refractivity contribution is 5.51. The van der Waals surface area contributed by atoms with Gasteiger partial charge < -0.3 is 10.6 Å². The van der Waals surface area contributed by atoms with Crippen LogP contribution in [0.2, 0.25) is 0 Å². The topological polar surface area (TPSA) is 71.0 Å². The minimum absolute atomic E-state index is 0.121. The van der Waals surface area contributed by atoms with E-state index in [1.165, 1.54) is 10.2 Å². The largest absolute Gasteiger partial charge is 0.379 e. The van der Waals surface area contributed by atoms with Crippen LogP contribution < -0.4 is 21.6 Å². The van der Waals surface area contributed by atoms with Crippen molar-refractivity contribution in [2.24, 2.45) is 0 Å². The van der Waals surface area contributed by atoms with Crippen LogP contribution >= 0.6 is 0 Å². The smallest absolute Gasteiger partial charge is 0.273 e. The summed E-state index contributed by atoms with van der Waals surface area (Å²) in [5, 5.41) is 6.70. The van der Waals surface area contributed by atoms with Gasteiger partial charge in [-0.25, -0.2) is 4.98 Å². The lowest BCUT2D eigenvalue weighted by Crippen LogP contribution is -2.27. The van der Waals surface area contributed by atoms with E-state index >= 15 is 0 Å². The number of aromatic nitrogens is 2. The highest BCUT2D eigenvalue weighted by atomic mass is 16.1. The first kappa shape index (κ1) is 17.1. The van der Waals surface area contributed by atoms with Gasteiger partial charge in [-0.15, -0.1) is 0 Å². The van der Waals surface area contributed by atoms with E-state index in [2.05, 4.69) is 47.0 Å². The maximum Gasteiger partial charge on any atom is 0.273 e. The zero-order valence-electron chi connectivity index (χ0n) is 15.5. The van der Waals surface area contributed by atoms with E-state index in [1.54, 1.807) is 6.07 Å². The Labute approximate surface area is 158 Å². The fraction of sp³-hybridized carbons (Fsp3) is 0.238. The molecule has 1 atom stereocenters. The van der Waals surface area contributed by atoms with Crippen molar-refractivity contribution in [3.05, 3.63) is 87.3 Å². The van der Waals surface area contributed by atoms with Gasteiger partial charge in [-0.3, -0.25) is 10.2 Å². The number of anilines is 2. The zero-order chi connectivity index (χ0) is 18.8. The van der Waals surface area contributed by atoms with E-state index in [0.29, 0.717) is 18.2 Å². The van der Waals surface area contributed by atoms with Gasteiger partial charge >= 0.3 is 0 Å². The first-order valence-corrected chi connectivity index (χ1v) is 9.19. The highest BCUT2D eigenvalue weighted by Crippen LogP contribution is 2.24. The van der Waals surface area contributed by atoms with E-state index in [-0.39, 0.29) is 11.7 Å². The van der Waals surface area contributed by atoms with Gasteiger partial charge in [0.25, 0.3) is 5.56 Å². The highest BCUT2D eigenvalue weighted by Gasteiger charge is 2.24. The molecule has 0 bridgehead atoms. The zero-order valence-corrected chi connectivity index (χ0v) is 15.5. The molecule has 6 heteroatoms. The van der Waals surface area contributed by atoms with Gasteiger partial charge in [0.15, 0.2) is 0 Å². The van der Waals surface area contributed by atoms with Crippen molar-refractivity contribution in [1.82, 2.24) is 9.66 Å². The van der Waals surface area contributed by atoms with Crippen LogP contribution in [0.5, 0.6) is 0 Å². The number of hydrogen-bond donors (Lipinski definition) is 3. The second kappa shape index (κ2) is 7.15. The van der Waals surface area contributed by atoms with Crippen LogP contribution in [0, 0.1) is 6.92 Å². The van der Waals surface area contributed by atoms with Gasteiger partial charge in [-0.2, -0.15) is 4.68 Å². The molecule has 0 spiro atoms. The summed E-state index contributed by atoms with van der Waals surface area (Å²) >= 11 is 0. The maximum absolute atomic E-state index is 12.5. The first-order chi connectivity index (χ1) is 13.2. The third-order valence-electron chi connectivity index (χ3n) is 4.86. The average Bonchev–Trinajstić information content (AvgIpc) is 3.11. The molecular weight excluding hydrogens is 338 g/mol. The van der Waals surface area contributed by atoms with E-state index in [9.17, 15) is 4.79 Å². The minimum Gasteiger partial charge on any atom is -0.379 e. The summed E-state index contributed by atoms with van der Waals surface area (Å²) in [6.45, 7) is 4.68. The third-order valence-corrected chi connectivity index (χ3v) is 4.86. The van der Waals surface area contributed by atoms with Crippen LogP contribution in [-0.2, 0) is 13.0 Å². The molecule has 3 aromatic rings. The summed E-state index contributed by atoms with van der Waals surface area (Å²) in [6, 6.07) is 17.9. The molecule has 1 unspecified atom stereocenters. The molecule has 0 aliphatic carbocycles. The summed E-state index contributed by atoms with van der Waals surface area (Å²) in [4.78, 5) is 17.1. The Balaban J connectivity index is 1.54. The predicted octanol–water partition coefficient (Wildman–Crippen LogP) is 3.39. The van der Waals surface area contributed by atoms with Crippen molar-refractivity contribution in [2.45, 2.75) is 33.0 Å². The van der Waals surface area contributed by atoms with Crippen LogP contribution in [0.3, 0.4) is 0 Å². The van der Waals surface area contributed by atoms with Crippen molar-refractivity contribution in [2.75, 3.05) is 16.1 Å². The molecule has 0 fully saturated rings. The van der Waals surface area contributed by atoms with Gasteiger partial charge in [0.1, 0.15) is 6.17 Å². The summed E-state index contributed by atoms with van der Waals surface area (Å²) in [5.41, 5.74) is 8.34. The molecule has 0 saturated carbocycles. The number of rotatable bonds is 5. The Morgan fingerprint density at radius 2 is 1.93 bits per heavy atom. The number of aryl methyl sites for hydroxylation is 2. The van der Waals surface area contributed by atoms with E-state index < -0.39 is 0 Å². The molecular formula is C21H23N5O. The molecule has 3 N–H and O–H groups in total.